The van der Waals surface area contributed by atoms with Crippen LogP contribution in [0.3, 0.4) is 0 Å². The lowest BCUT2D eigenvalue weighted by Gasteiger charge is -2.24. The minimum atomic E-state index is 0.758. The van der Waals surface area contributed by atoms with Crippen molar-refractivity contribution in [3.63, 3.8) is 0 Å². The van der Waals surface area contributed by atoms with Gasteiger partial charge in [-0.15, -0.1) is 0 Å². The molecule has 0 unspecified atom stereocenters. The first-order valence-corrected chi connectivity index (χ1v) is 5.49. The SMILES string of the molecule is CC(=NN1CCOCC1)c1cccc(N)c1. The number of morpholine rings is 1. The molecule has 2 rings (SSSR count). The Morgan fingerprint density at radius 2 is 2.12 bits per heavy atom. The molecule has 2 N–H and O–H groups in total. The van der Waals surface area contributed by atoms with E-state index in [4.69, 9.17) is 10.5 Å². The highest BCUT2D eigenvalue weighted by atomic mass is 16.5. The van der Waals surface area contributed by atoms with Crippen LogP contribution in [-0.4, -0.2) is 37.0 Å². The van der Waals surface area contributed by atoms with Gasteiger partial charge in [0.05, 0.1) is 32.0 Å². The van der Waals surface area contributed by atoms with Crippen molar-refractivity contribution in [1.82, 2.24) is 5.01 Å². The van der Waals surface area contributed by atoms with Gasteiger partial charge in [-0.25, -0.2) is 0 Å². The van der Waals surface area contributed by atoms with Gasteiger partial charge in [0.25, 0.3) is 0 Å². The van der Waals surface area contributed by atoms with Crippen molar-refractivity contribution in [2.24, 2.45) is 5.10 Å². The van der Waals surface area contributed by atoms with Crippen LogP contribution in [0.2, 0.25) is 0 Å². The minimum Gasteiger partial charge on any atom is -0.399 e. The summed E-state index contributed by atoms with van der Waals surface area (Å²) in [6, 6.07) is 7.80. The van der Waals surface area contributed by atoms with Gasteiger partial charge in [-0.2, -0.15) is 5.10 Å². The summed E-state index contributed by atoms with van der Waals surface area (Å²) in [4.78, 5) is 0. The standard InChI is InChI=1S/C12H17N3O/c1-10(11-3-2-4-12(13)9-11)14-15-5-7-16-8-6-15/h2-4,9H,5-8,13H2,1H3. The lowest BCUT2D eigenvalue weighted by atomic mass is 10.1. The zero-order chi connectivity index (χ0) is 11.4. The number of hydrogen-bond acceptors (Lipinski definition) is 4. The Morgan fingerprint density at radius 1 is 1.38 bits per heavy atom. The van der Waals surface area contributed by atoms with E-state index in [1.807, 2.05) is 36.2 Å². The lowest BCUT2D eigenvalue weighted by molar-refractivity contribution is 0.0393. The largest absolute Gasteiger partial charge is 0.399 e. The van der Waals surface area contributed by atoms with Crippen LogP contribution in [0.5, 0.6) is 0 Å². The summed E-state index contributed by atoms with van der Waals surface area (Å²) in [6.07, 6.45) is 0. The van der Waals surface area contributed by atoms with Gasteiger partial charge in [0.1, 0.15) is 0 Å². The summed E-state index contributed by atoms with van der Waals surface area (Å²) in [6.45, 7) is 5.24. The molecule has 1 aliphatic heterocycles. The van der Waals surface area contributed by atoms with E-state index in [1.54, 1.807) is 0 Å². The predicted octanol–water partition coefficient (Wildman–Crippen LogP) is 1.33. The van der Waals surface area contributed by atoms with Crippen LogP contribution in [0.4, 0.5) is 5.69 Å². The van der Waals surface area contributed by atoms with Crippen LogP contribution in [0.1, 0.15) is 12.5 Å². The highest BCUT2D eigenvalue weighted by Crippen LogP contribution is 2.09. The summed E-state index contributed by atoms with van der Waals surface area (Å²) in [5.41, 5.74) is 8.58. The zero-order valence-corrected chi connectivity index (χ0v) is 9.52. The van der Waals surface area contributed by atoms with E-state index in [9.17, 15) is 0 Å². The van der Waals surface area contributed by atoms with E-state index in [2.05, 4.69) is 5.10 Å². The van der Waals surface area contributed by atoms with Crippen LogP contribution in [0.25, 0.3) is 0 Å². The summed E-state index contributed by atoms with van der Waals surface area (Å²) in [5.74, 6) is 0. The Morgan fingerprint density at radius 3 is 2.81 bits per heavy atom. The van der Waals surface area contributed by atoms with Gasteiger partial charge in [0.15, 0.2) is 0 Å². The third-order valence-electron chi connectivity index (χ3n) is 2.58. The number of nitrogens with two attached hydrogens (primary N) is 1. The second-order valence-corrected chi connectivity index (χ2v) is 3.88. The maximum Gasteiger partial charge on any atom is 0.0659 e. The first-order valence-electron chi connectivity index (χ1n) is 5.49. The molecule has 1 fully saturated rings. The summed E-state index contributed by atoms with van der Waals surface area (Å²) in [5, 5.41) is 6.61. The van der Waals surface area contributed by atoms with Crippen molar-refractivity contribution < 1.29 is 4.74 Å². The third kappa shape index (κ3) is 2.73. The average Bonchev–Trinajstić information content (AvgIpc) is 2.30. The van der Waals surface area contributed by atoms with Crippen LogP contribution in [0, 0.1) is 0 Å². The highest BCUT2D eigenvalue weighted by molar-refractivity contribution is 5.99. The molecule has 1 aromatic rings. The molecule has 0 saturated carbocycles. The topological polar surface area (TPSA) is 50.8 Å². The molecule has 16 heavy (non-hydrogen) atoms. The maximum atomic E-state index is 5.74. The number of hydrazone groups is 1. The molecular weight excluding hydrogens is 202 g/mol. The molecule has 0 bridgehead atoms. The first-order chi connectivity index (χ1) is 7.75. The van der Waals surface area contributed by atoms with Crippen LogP contribution < -0.4 is 5.73 Å². The first kappa shape index (κ1) is 11.0. The van der Waals surface area contributed by atoms with Gasteiger partial charge in [0.2, 0.25) is 0 Å². The van der Waals surface area contributed by atoms with Crippen LogP contribution in [-0.2, 0) is 4.74 Å². The fraction of sp³-hybridized carbons (Fsp3) is 0.417. The molecule has 86 valence electrons. The molecule has 0 spiro atoms. The van der Waals surface area contributed by atoms with E-state index in [-0.39, 0.29) is 0 Å². The second-order valence-electron chi connectivity index (χ2n) is 3.88. The lowest BCUT2D eigenvalue weighted by Crippen LogP contribution is -2.33. The van der Waals surface area contributed by atoms with Gasteiger partial charge in [-0.1, -0.05) is 12.1 Å². The Kier molecular flexibility index (Phi) is 3.41. The van der Waals surface area contributed by atoms with Crippen LogP contribution in [0.15, 0.2) is 29.4 Å². The van der Waals surface area contributed by atoms with Crippen LogP contribution >= 0.6 is 0 Å². The Labute approximate surface area is 95.7 Å². The van der Waals surface area contributed by atoms with Gasteiger partial charge >= 0.3 is 0 Å². The molecule has 1 aromatic carbocycles. The fourth-order valence-corrected chi connectivity index (χ4v) is 1.69. The van der Waals surface area contributed by atoms with Gasteiger partial charge < -0.3 is 10.5 Å². The number of ether oxygens (including phenoxy) is 1. The van der Waals surface area contributed by atoms with E-state index < -0.39 is 0 Å². The second kappa shape index (κ2) is 4.99. The number of benzene rings is 1. The Hall–Kier alpha value is -1.55. The van der Waals surface area contributed by atoms with E-state index in [0.29, 0.717) is 0 Å². The zero-order valence-electron chi connectivity index (χ0n) is 9.52. The molecule has 4 heteroatoms. The number of rotatable bonds is 2. The highest BCUT2D eigenvalue weighted by Gasteiger charge is 2.08. The molecule has 1 heterocycles. The molecule has 0 atom stereocenters. The van der Waals surface area contributed by atoms with E-state index in [0.717, 1.165) is 43.3 Å². The number of anilines is 1. The predicted molar refractivity (Wildman–Crippen MR) is 65.5 cm³/mol. The minimum absolute atomic E-state index is 0.758. The summed E-state index contributed by atoms with van der Waals surface area (Å²) >= 11 is 0. The quantitative estimate of drug-likeness (QED) is 0.603. The molecule has 0 amide bonds. The molecular formula is C12H17N3O. The normalized spacial score (nSPS) is 17.6. The van der Waals surface area contributed by atoms with Crippen molar-refractivity contribution in [3.8, 4) is 0 Å². The van der Waals surface area contributed by atoms with Crippen molar-refractivity contribution in [2.45, 2.75) is 6.92 Å². The van der Waals surface area contributed by atoms with Crippen molar-refractivity contribution in [3.05, 3.63) is 29.8 Å². The molecule has 0 aromatic heterocycles. The monoisotopic (exact) mass is 219 g/mol. The van der Waals surface area contributed by atoms with Gasteiger partial charge in [0, 0.05) is 5.69 Å². The summed E-state index contributed by atoms with van der Waals surface area (Å²) < 4.78 is 5.28. The fourth-order valence-electron chi connectivity index (χ4n) is 1.69. The molecule has 0 aliphatic carbocycles. The molecule has 1 saturated heterocycles. The third-order valence-corrected chi connectivity index (χ3v) is 2.58. The molecule has 4 nitrogen and oxygen atoms in total. The Bertz CT molecular complexity index is 384. The summed E-state index contributed by atoms with van der Waals surface area (Å²) in [7, 11) is 0. The Balaban J connectivity index is 2.10. The number of nitrogens with zero attached hydrogens (tertiary/aromatic N) is 2. The van der Waals surface area contributed by atoms with E-state index in [1.165, 1.54) is 0 Å². The number of hydrogen-bond donors (Lipinski definition) is 1. The van der Waals surface area contributed by atoms with E-state index >= 15 is 0 Å². The van der Waals surface area contributed by atoms with Crippen molar-refractivity contribution >= 4 is 11.4 Å². The molecule has 1 aliphatic rings. The van der Waals surface area contributed by atoms with Gasteiger partial charge in [-0.3, -0.25) is 5.01 Å². The van der Waals surface area contributed by atoms with Crippen molar-refractivity contribution in [1.29, 1.82) is 0 Å². The van der Waals surface area contributed by atoms with Crippen molar-refractivity contribution in [2.75, 3.05) is 32.0 Å². The van der Waals surface area contributed by atoms with Gasteiger partial charge in [-0.05, 0) is 24.6 Å². The average molecular weight is 219 g/mol. The molecule has 0 radical (unpaired) electrons. The maximum absolute atomic E-state index is 5.74. The number of nitrogen functional groups attached to an aromatic ring is 1. The smallest absolute Gasteiger partial charge is 0.0659 e.